The second-order valence-electron chi connectivity index (χ2n) is 2.91. The third-order valence-electron chi connectivity index (χ3n) is 0.915. The van der Waals surface area contributed by atoms with Crippen LogP contribution in [0.15, 0.2) is 0 Å². The van der Waals surface area contributed by atoms with Crippen LogP contribution in [0, 0.1) is 5.92 Å². The average Bonchev–Trinajstić information content (AvgIpc) is 2.03. The zero-order chi connectivity index (χ0) is 10.7. The normalized spacial score (nSPS) is 9.08. The summed E-state index contributed by atoms with van der Waals surface area (Å²) in [6.45, 7) is 6.53. The van der Waals surface area contributed by atoms with Crippen LogP contribution in [0.25, 0.3) is 0 Å². The van der Waals surface area contributed by atoms with E-state index in [2.05, 4.69) is 9.47 Å². The second-order valence-corrected chi connectivity index (χ2v) is 2.91. The zero-order valence-corrected chi connectivity index (χ0v) is 8.87. The molecule has 4 heteroatoms. The minimum absolute atomic E-state index is 0.122. The lowest BCUT2D eigenvalue weighted by Gasteiger charge is -2.02. The quantitative estimate of drug-likeness (QED) is 0.670. The molecule has 0 aliphatic heterocycles. The van der Waals surface area contributed by atoms with Crippen LogP contribution < -0.4 is 0 Å². The first-order valence-electron chi connectivity index (χ1n) is 4.27. The first-order chi connectivity index (χ1) is 6.04. The summed E-state index contributed by atoms with van der Waals surface area (Å²) in [6.07, 6.45) is 0. The molecule has 13 heavy (non-hydrogen) atoms. The molecule has 0 bridgehead atoms. The molecule has 4 nitrogen and oxygen atoms in total. The van der Waals surface area contributed by atoms with Crippen molar-refractivity contribution < 1.29 is 19.4 Å². The van der Waals surface area contributed by atoms with Crippen LogP contribution in [0.2, 0.25) is 0 Å². The number of hydrogen-bond donors (Lipinski definition) is 1. The summed E-state index contributed by atoms with van der Waals surface area (Å²) >= 11 is 0. The van der Waals surface area contributed by atoms with Gasteiger partial charge < -0.3 is 14.6 Å². The predicted octanol–water partition coefficient (Wildman–Crippen LogP) is 0.831. The van der Waals surface area contributed by atoms with Crippen molar-refractivity contribution in [1.82, 2.24) is 0 Å². The van der Waals surface area contributed by atoms with Gasteiger partial charge in [-0.3, -0.25) is 4.79 Å². The standard InChI is InChI=1S/C6H12O2.C3H8O2/c1-5(2)4-8-6(3)7;1-5-3-2-4/h5H,4H2,1-3H3;4H,2-3H2,1H3. The van der Waals surface area contributed by atoms with Crippen LogP contribution in [0.5, 0.6) is 0 Å². The summed E-state index contributed by atoms with van der Waals surface area (Å²) in [7, 11) is 1.55. The monoisotopic (exact) mass is 192 g/mol. The van der Waals surface area contributed by atoms with Crippen molar-refractivity contribution in [1.29, 1.82) is 0 Å². The van der Waals surface area contributed by atoms with Crippen LogP contribution in [0.3, 0.4) is 0 Å². The Kier molecular flexibility index (Phi) is 13.0. The van der Waals surface area contributed by atoms with Crippen LogP contribution in [0.1, 0.15) is 20.8 Å². The maximum absolute atomic E-state index is 10.1. The van der Waals surface area contributed by atoms with Crippen molar-refractivity contribution in [2.24, 2.45) is 5.92 Å². The van der Waals surface area contributed by atoms with E-state index in [1.165, 1.54) is 6.92 Å². The molecule has 0 atom stereocenters. The number of aliphatic hydroxyl groups is 1. The zero-order valence-electron chi connectivity index (χ0n) is 8.87. The van der Waals surface area contributed by atoms with E-state index >= 15 is 0 Å². The smallest absolute Gasteiger partial charge is 0.302 e. The summed E-state index contributed by atoms with van der Waals surface area (Å²) in [5.41, 5.74) is 0. The van der Waals surface area contributed by atoms with E-state index in [0.29, 0.717) is 19.1 Å². The van der Waals surface area contributed by atoms with Crippen LogP contribution >= 0.6 is 0 Å². The van der Waals surface area contributed by atoms with E-state index in [1.807, 2.05) is 13.8 Å². The first kappa shape index (κ1) is 14.9. The predicted molar refractivity (Wildman–Crippen MR) is 50.4 cm³/mol. The van der Waals surface area contributed by atoms with Gasteiger partial charge in [0, 0.05) is 14.0 Å². The number of ether oxygens (including phenoxy) is 2. The number of aliphatic hydroxyl groups excluding tert-OH is 1. The minimum atomic E-state index is -0.196. The number of esters is 1. The van der Waals surface area contributed by atoms with Crippen molar-refractivity contribution in [2.45, 2.75) is 20.8 Å². The Morgan fingerprint density at radius 3 is 2.08 bits per heavy atom. The third kappa shape index (κ3) is 24.6. The molecule has 0 amide bonds. The molecule has 0 saturated heterocycles. The molecule has 80 valence electrons. The van der Waals surface area contributed by atoms with E-state index in [-0.39, 0.29) is 12.6 Å². The average molecular weight is 192 g/mol. The number of rotatable bonds is 4. The van der Waals surface area contributed by atoms with Crippen molar-refractivity contribution in [3.63, 3.8) is 0 Å². The van der Waals surface area contributed by atoms with Crippen molar-refractivity contribution >= 4 is 5.97 Å². The van der Waals surface area contributed by atoms with Gasteiger partial charge in [0.05, 0.1) is 19.8 Å². The number of carbonyl (C=O) groups excluding carboxylic acids is 1. The fraction of sp³-hybridized carbons (Fsp3) is 0.889. The Bertz CT molecular complexity index is 110. The summed E-state index contributed by atoms with van der Waals surface area (Å²) in [6, 6.07) is 0. The Morgan fingerprint density at radius 1 is 1.46 bits per heavy atom. The maximum Gasteiger partial charge on any atom is 0.302 e. The van der Waals surface area contributed by atoms with Gasteiger partial charge in [0.15, 0.2) is 0 Å². The molecule has 0 aromatic heterocycles. The SMILES string of the molecule is CC(=O)OCC(C)C.COCCO. The largest absolute Gasteiger partial charge is 0.466 e. The lowest BCUT2D eigenvalue weighted by Crippen LogP contribution is -2.05. The van der Waals surface area contributed by atoms with E-state index in [1.54, 1.807) is 7.11 Å². The molecule has 0 saturated carbocycles. The molecule has 1 N–H and O–H groups in total. The molecule has 0 unspecified atom stereocenters. The van der Waals surface area contributed by atoms with Gasteiger partial charge in [0.25, 0.3) is 0 Å². The lowest BCUT2D eigenvalue weighted by molar-refractivity contribution is -0.141. The highest BCUT2D eigenvalue weighted by Gasteiger charge is 1.94. The molecule has 0 radical (unpaired) electrons. The van der Waals surface area contributed by atoms with Gasteiger partial charge >= 0.3 is 5.97 Å². The van der Waals surface area contributed by atoms with Gasteiger partial charge in [0.2, 0.25) is 0 Å². The number of methoxy groups -OCH3 is 1. The molecular formula is C9H20O4. The fourth-order valence-corrected chi connectivity index (χ4v) is 0.375. The Hall–Kier alpha value is -0.610. The van der Waals surface area contributed by atoms with Gasteiger partial charge in [-0.2, -0.15) is 0 Å². The van der Waals surface area contributed by atoms with E-state index in [4.69, 9.17) is 5.11 Å². The van der Waals surface area contributed by atoms with Gasteiger partial charge in [-0.15, -0.1) is 0 Å². The summed E-state index contributed by atoms with van der Waals surface area (Å²) in [5, 5.41) is 7.94. The summed E-state index contributed by atoms with van der Waals surface area (Å²) in [5.74, 6) is 0.248. The van der Waals surface area contributed by atoms with Gasteiger partial charge in [-0.05, 0) is 5.92 Å². The first-order valence-corrected chi connectivity index (χ1v) is 4.27. The molecule has 0 aliphatic carbocycles. The van der Waals surface area contributed by atoms with Gasteiger partial charge in [-0.1, -0.05) is 13.8 Å². The highest BCUT2D eigenvalue weighted by molar-refractivity contribution is 5.65. The molecule has 0 fully saturated rings. The maximum atomic E-state index is 10.1. The molecular weight excluding hydrogens is 172 g/mol. The Morgan fingerprint density at radius 2 is 2.00 bits per heavy atom. The summed E-state index contributed by atoms with van der Waals surface area (Å²) < 4.78 is 9.11. The van der Waals surface area contributed by atoms with Gasteiger partial charge in [0.1, 0.15) is 0 Å². The second kappa shape index (κ2) is 11.4. The highest BCUT2D eigenvalue weighted by Crippen LogP contribution is 1.91. The number of hydrogen-bond acceptors (Lipinski definition) is 4. The van der Waals surface area contributed by atoms with Crippen molar-refractivity contribution in [3.05, 3.63) is 0 Å². The van der Waals surface area contributed by atoms with E-state index < -0.39 is 0 Å². The van der Waals surface area contributed by atoms with E-state index in [0.717, 1.165) is 0 Å². The van der Waals surface area contributed by atoms with Gasteiger partial charge in [-0.25, -0.2) is 0 Å². The molecule has 0 aliphatic rings. The molecule has 0 aromatic carbocycles. The van der Waals surface area contributed by atoms with Crippen LogP contribution in [0.4, 0.5) is 0 Å². The van der Waals surface area contributed by atoms with Crippen molar-refractivity contribution in [3.8, 4) is 0 Å². The fourth-order valence-electron chi connectivity index (χ4n) is 0.375. The highest BCUT2D eigenvalue weighted by atomic mass is 16.5. The van der Waals surface area contributed by atoms with Crippen molar-refractivity contribution in [2.75, 3.05) is 26.9 Å². The topological polar surface area (TPSA) is 55.8 Å². The Balaban J connectivity index is 0. The summed E-state index contributed by atoms with van der Waals surface area (Å²) in [4.78, 5) is 10.1. The number of carbonyl (C=O) groups is 1. The van der Waals surface area contributed by atoms with Crippen LogP contribution in [-0.2, 0) is 14.3 Å². The Labute approximate surface area is 79.8 Å². The van der Waals surface area contributed by atoms with Crippen LogP contribution in [-0.4, -0.2) is 38.0 Å². The van der Waals surface area contributed by atoms with E-state index in [9.17, 15) is 4.79 Å². The lowest BCUT2D eigenvalue weighted by atomic mass is 10.2. The molecule has 0 aromatic rings. The molecule has 0 spiro atoms. The minimum Gasteiger partial charge on any atom is -0.466 e. The molecule has 0 heterocycles. The molecule has 0 rings (SSSR count). The third-order valence-corrected chi connectivity index (χ3v) is 0.915.